The first-order valence-corrected chi connectivity index (χ1v) is 16.1. The highest BCUT2D eigenvalue weighted by molar-refractivity contribution is 7.92. The monoisotopic (exact) mass is 682 g/mol. The molecule has 6 rings (SSSR count). The van der Waals surface area contributed by atoms with E-state index in [0.717, 1.165) is 16.8 Å². The van der Waals surface area contributed by atoms with Gasteiger partial charge in [0.05, 0.1) is 30.2 Å². The van der Waals surface area contributed by atoms with Gasteiger partial charge in [0.25, 0.3) is 15.9 Å². The number of hydrogen-bond donors (Lipinski definition) is 2. The molecule has 10 nitrogen and oxygen atoms in total. The van der Waals surface area contributed by atoms with Gasteiger partial charge in [-0.15, -0.1) is 5.10 Å². The molecule has 242 valence electrons. The van der Waals surface area contributed by atoms with Crippen molar-refractivity contribution in [2.75, 3.05) is 41.2 Å². The third kappa shape index (κ3) is 7.24. The maximum Gasteiger partial charge on any atom is 0.416 e. The largest absolute Gasteiger partial charge is 0.416 e. The Morgan fingerprint density at radius 1 is 0.872 bits per heavy atom. The van der Waals surface area contributed by atoms with Crippen molar-refractivity contribution in [2.24, 2.45) is 0 Å². The maximum absolute atomic E-state index is 13.7. The maximum atomic E-state index is 13.7. The number of nitrogens with zero attached hydrogens (tertiary/aromatic N) is 4. The summed E-state index contributed by atoms with van der Waals surface area (Å²) in [5, 5.41) is 7.34. The molecule has 1 saturated heterocycles. The van der Waals surface area contributed by atoms with Crippen molar-refractivity contribution < 1.29 is 31.1 Å². The van der Waals surface area contributed by atoms with Gasteiger partial charge in [-0.05, 0) is 60.7 Å². The second-order valence-electron chi connectivity index (χ2n) is 10.4. The van der Waals surface area contributed by atoms with Crippen molar-refractivity contribution in [1.82, 2.24) is 14.8 Å². The van der Waals surface area contributed by atoms with E-state index in [0.29, 0.717) is 42.6 Å². The van der Waals surface area contributed by atoms with E-state index in [1.165, 1.54) is 30.3 Å². The zero-order valence-corrected chi connectivity index (χ0v) is 26.0. The van der Waals surface area contributed by atoms with Gasteiger partial charge in [0.1, 0.15) is 4.90 Å². The lowest BCUT2D eigenvalue weighted by molar-refractivity contribution is -0.137. The first-order chi connectivity index (χ1) is 22.5. The van der Waals surface area contributed by atoms with Gasteiger partial charge >= 0.3 is 6.18 Å². The molecule has 2 N–H and O–H groups in total. The summed E-state index contributed by atoms with van der Waals surface area (Å²) in [5.41, 5.74) is 0.479. The average molecular weight is 683 g/mol. The van der Waals surface area contributed by atoms with Crippen molar-refractivity contribution in [3.63, 3.8) is 0 Å². The molecule has 1 fully saturated rings. The number of alkyl halides is 3. The summed E-state index contributed by atoms with van der Waals surface area (Å²) in [6.45, 7) is 1.72. The van der Waals surface area contributed by atoms with E-state index >= 15 is 0 Å². The molecular formula is C32H26ClF3N6O4S. The number of anilines is 3. The van der Waals surface area contributed by atoms with Crippen LogP contribution in [0.25, 0.3) is 17.1 Å². The van der Waals surface area contributed by atoms with E-state index in [1.807, 2.05) is 4.90 Å². The quantitative estimate of drug-likeness (QED) is 0.192. The standard InChI is InChI=1S/C32H26ClF3N6O4S/c33-23-9-11-24(12-10-23)40-47(44,45)28-20-25(13-14-27(28)41-15-17-46-18-16-41)37-31(43)29-38-30(21-5-2-1-3-6-21)42(39-29)26-8-4-7-22(19-26)32(34,35)36/h1-14,19-20,40H,15-18H2,(H,37,43). The second-order valence-corrected chi connectivity index (χ2v) is 12.5. The molecule has 1 amide bonds. The van der Waals surface area contributed by atoms with Crippen LogP contribution in [-0.2, 0) is 20.9 Å². The van der Waals surface area contributed by atoms with E-state index in [4.69, 9.17) is 16.3 Å². The highest BCUT2D eigenvalue weighted by Gasteiger charge is 2.31. The van der Waals surface area contributed by atoms with Crippen LogP contribution < -0.4 is 14.9 Å². The number of rotatable bonds is 8. The van der Waals surface area contributed by atoms with Gasteiger partial charge in [-0.1, -0.05) is 48.0 Å². The minimum Gasteiger partial charge on any atom is -0.378 e. The van der Waals surface area contributed by atoms with Gasteiger partial charge in [-0.2, -0.15) is 13.2 Å². The third-order valence-corrected chi connectivity index (χ3v) is 8.88. The van der Waals surface area contributed by atoms with Crippen LogP contribution in [0.2, 0.25) is 5.02 Å². The summed E-state index contributed by atoms with van der Waals surface area (Å²) in [6.07, 6.45) is -4.60. The fourth-order valence-corrected chi connectivity index (χ4v) is 6.40. The number of carbonyl (C=O) groups excluding carboxylic acids is 1. The van der Waals surface area contributed by atoms with E-state index in [2.05, 4.69) is 20.1 Å². The molecule has 0 atom stereocenters. The summed E-state index contributed by atoms with van der Waals surface area (Å²) in [4.78, 5) is 19.6. The number of sulfonamides is 1. The molecule has 4 aromatic carbocycles. The number of morpholine rings is 1. The predicted molar refractivity (Wildman–Crippen MR) is 171 cm³/mol. The summed E-state index contributed by atoms with van der Waals surface area (Å²) < 4.78 is 77.1. The van der Waals surface area contributed by atoms with E-state index in [9.17, 15) is 26.4 Å². The topological polar surface area (TPSA) is 118 Å². The molecule has 0 spiro atoms. The first kappa shape index (κ1) is 32.0. The molecule has 47 heavy (non-hydrogen) atoms. The highest BCUT2D eigenvalue weighted by atomic mass is 35.5. The van der Waals surface area contributed by atoms with Gasteiger partial charge in [0.15, 0.2) is 5.82 Å². The third-order valence-electron chi connectivity index (χ3n) is 7.22. The van der Waals surface area contributed by atoms with Crippen LogP contribution in [0.3, 0.4) is 0 Å². The van der Waals surface area contributed by atoms with Crippen molar-refractivity contribution >= 4 is 44.6 Å². The number of ether oxygens (including phenoxy) is 1. The van der Waals surface area contributed by atoms with Gasteiger partial charge in [0.2, 0.25) is 5.82 Å². The highest BCUT2D eigenvalue weighted by Crippen LogP contribution is 2.33. The zero-order valence-electron chi connectivity index (χ0n) is 24.4. The van der Waals surface area contributed by atoms with Crippen LogP contribution in [0.4, 0.5) is 30.2 Å². The van der Waals surface area contributed by atoms with Crippen LogP contribution in [0.5, 0.6) is 0 Å². The summed E-state index contributed by atoms with van der Waals surface area (Å²) in [5.74, 6) is -1.02. The molecule has 1 aromatic heterocycles. The Labute approximate surface area is 272 Å². The fraction of sp³-hybridized carbons (Fsp3) is 0.156. The van der Waals surface area contributed by atoms with Gasteiger partial charge in [-0.25, -0.2) is 18.1 Å². The zero-order chi connectivity index (χ0) is 33.2. The predicted octanol–water partition coefficient (Wildman–Crippen LogP) is 6.50. The van der Waals surface area contributed by atoms with E-state index in [1.54, 1.807) is 54.6 Å². The van der Waals surface area contributed by atoms with Gasteiger partial charge < -0.3 is 15.0 Å². The first-order valence-electron chi connectivity index (χ1n) is 14.2. The number of aromatic nitrogens is 3. The van der Waals surface area contributed by atoms with Crippen LogP contribution >= 0.6 is 11.6 Å². The smallest absolute Gasteiger partial charge is 0.378 e. The molecule has 0 radical (unpaired) electrons. The van der Waals surface area contributed by atoms with Crippen molar-refractivity contribution in [3.8, 4) is 17.1 Å². The Kier molecular flexibility index (Phi) is 8.90. The van der Waals surface area contributed by atoms with Crippen molar-refractivity contribution in [1.29, 1.82) is 0 Å². The Morgan fingerprint density at radius 3 is 2.28 bits per heavy atom. The lowest BCUT2D eigenvalue weighted by Crippen LogP contribution is -2.37. The van der Waals surface area contributed by atoms with E-state index in [-0.39, 0.29) is 33.6 Å². The molecular weight excluding hydrogens is 657 g/mol. The van der Waals surface area contributed by atoms with Crippen LogP contribution in [-0.4, -0.2) is 55.4 Å². The molecule has 5 aromatic rings. The van der Waals surface area contributed by atoms with Crippen LogP contribution in [0, 0.1) is 0 Å². The molecule has 0 unspecified atom stereocenters. The lowest BCUT2D eigenvalue weighted by atomic mass is 10.2. The van der Waals surface area contributed by atoms with Crippen molar-refractivity contribution in [2.45, 2.75) is 11.1 Å². The number of amides is 1. The molecule has 0 saturated carbocycles. The average Bonchev–Trinajstić information content (AvgIpc) is 3.52. The van der Waals surface area contributed by atoms with E-state index < -0.39 is 27.7 Å². The van der Waals surface area contributed by atoms with Crippen molar-refractivity contribution in [3.05, 3.63) is 113 Å². The molecule has 15 heteroatoms. The minimum absolute atomic E-state index is 0.0433. The SMILES string of the molecule is O=C(Nc1ccc(N2CCOCC2)c(S(=O)(=O)Nc2ccc(Cl)cc2)c1)c1nc(-c2ccccc2)n(-c2cccc(C(F)(F)F)c2)n1. The normalized spacial score (nSPS) is 13.7. The molecule has 0 bridgehead atoms. The fourth-order valence-electron chi connectivity index (χ4n) is 4.96. The van der Waals surface area contributed by atoms with Gasteiger partial charge in [-0.3, -0.25) is 9.52 Å². The number of hydrogen-bond acceptors (Lipinski definition) is 7. The van der Waals surface area contributed by atoms with Crippen LogP contribution in [0.1, 0.15) is 16.2 Å². The summed E-state index contributed by atoms with van der Waals surface area (Å²) in [7, 11) is -4.17. The minimum atomic E-state index is -4.60. The Balaban J connectivity index is 1.36. The number of benzene rings is 4. The Bertz CT molecular complexity index is 2020. The Morgan fingerprint density at radius 2 is 1.57 bits per heavy atom. The number of nitrogens with one attached hydrogen (secondary N) is 2. The Hall–Kier alpha value is -4.92. The molecule has 2 heterocycles. The summed E-state index contributed by atoms with van der Waals surface area (Å²) >= 11 is 5.96. The number of halogens is 4. The van der Waals surface area contributed by atoms with Gasteiger partial charge in [0, 0.05) is 35.1 Å². The molecule has 1 aliphatic rings. The summed E-state index contributed by atoms with van der Waals surface area (Å²) in [6, 6.07) is 23.7. The second kappa shape index (κ2) is 13.1. The van der Waals surface area contributed by atoms with Crippen LogP contribution in [0.15, 0.2) is 102 Å². The molecule has 1 aliphatic heterocycles. The molecule has 0 aliphatic carbocycles. The lowest BCUT2D eigenvalue weighted by Gasteiger charge is -2.30. The number of carbonyl (C=O) groups is 1.